The first-order valence-corrected chi connectivity index (χ1v) is 9.95. The van der Waals surface area contributed by atoms with Crippen LogP contribution in [0.15, 0.2) is 71.6 Å². The zero-order chi connectivity index (χ0) is 22.1. The van der Waals surface area contributed by atoms with Crippen molar-refractivity contribution in [3.8, 4) is 5.69 Å². The van der Waals surface area contributed by atoms with Gasteiger partial charge in [-0.05, 0) is 43.7 Å². The number of benzene rings is 2. The number of nitrogens with one attached hydrogen (secondary N) is 2. The fraction of sp³-hybridized carbons (Fsp3) is 0.0870. The Morgan fingerprint density at radius 2 is 1.88 bits per heavy atom. The molecule has 2 N–H and O–H groups in total. The highest BCUT2D eigenvalue weighted by Crippen LogP contribution is 2.27. The summed E-state index contributed by atoms with van der Waals surface area (Å²) in [6.45, 7) is 3.74. The fourth-order valence-corrected chi connectivity index (χ4v) is 3.33. The van der Waals surface area contributed by atoms with Crippen LogP contribution in [0.1, 0.15) is 21.6 Å². The number of nitrogens with zero attached hydrogens (tertiary/aromatic N) is 5. The number of anilines is 3. The third-order valence-corrected chi connectivity index (χ3v) is 4.98. The van der Waals surface area contributed by atoms with Crippen LogP contribution in [-0.2, 0) is 0 Å². The van der Waals surface area contributed by atoms with Gasteiger partial charge in [0.05, 0.1) is 23.0 Å². The molecule has 32 heavy (non-hydrogen) atoms. The standard InChI is InChI=1S/C23H19N7O2/c1-14-8-9-16(23(31)28-20-10-15(2)29-32-20)11-19(14)27-21-18-12-26-30(22(18)25-13-24-21)17-6-4-3-5-7-17/h3-13H,1-2H3,(H,28,31)(H,24,25,27). The molecule has 9 heteroatoms. The molecular formula is C23H19N7O2. The smallest absolute Gasteiger partial charge is 0.258 e. The van der Waals surface area contributed by atoms with Gasteiger partial charge in [-0.3, -0.25) is 10.1 Å². The van der Waals surface area contributed by atoms with Crippen LogP contribution < -0.4 is 10.6 Å². The number of hydrogen-bond acceptors (Lipinski definition) is 7. The van der Waals surface area contributed by atoms with E-state index in [2.05, 4.69) is 30.9 Å². The van der Waals surface area contributed by atoms with Gasteiger partial charge < -0.3 is 9.84 Å². The Morgan fingerprint density at radius 1 is 1.03 bits per heavy atom. The van der Waals surface area contributed by atoms with Gasteiger partial charge in [0, 0.05) is 17.3 Å². The Kier molecular flexibility index (Phi) is 4.83. The Bertz CT molecular complexity index is 1420. The second-order valence-corrected chi connectivity index (χ2v) is 7.29. The van der Waals surface area contributed by atoms with Gasteiger partial charge in [0.1, 0.15) is 12.1 Å². The van der Waals surface area contributed by atoms with Crippen LogP contribution in [0.5, 0.6) is 0 Å². The molecule has 3 heterocycles. The average molecular weight is 425 g/mol. The van der Waals surface area contributed by atoms with Gasteiger partial charge in [-0.15, -0.1) is 0 Å². The number of amides is 1. The van der Waals surface area contributed by atoms with Crippen molar-refractivity contribution in [3.05, 3.63) is 83.9 Å². The Balaban J connectivity index is 1.46. The van der Waals surface area contributed by atoms with Gasteiger partial charge >= 0.3 is 0 Å². The van der Waals surface area contributed by atoms with Gasteiger partial charge in [-0.1, -0.05) is 29.4 Å². The number of carbonyl (C=O) groups is 1. The number of hydrogen-bond donors (Lipinski definition) is 2. The number of rotatable bonds is 5. The zero-order valence-corrected chi connectivity index (χ0v) is 17.4. The van der Waals surface area contributed by atoms with Crippen molar-refractivity contribution < 1.29 is 9.32 Å². The van der Waals surface area contributed by atoms with Crippen molar-refractivity contribution in [3.63, 3.8) is 0 Å². The van der Waals surface area contributed by atoms with Crippen LogP contribution in [0.25, 0.3) is 16.7 Å². The summed E-state index contributed by atoms with van der Waals surface area (Å²) in [5.41, 5.74) is 4.46. The molecule has 0 aliphatic carbocycles. The molecule has 5 rings (SSSR count). The molecule has 0 radical (unpaired) electrons. The molecule has 0 fully saturated rings. The third-order valence-electron chi connectivity index (χ3n) is 4.98. The van der Waals surface area contributed by atoms with Crippen molar-refractivity contribution in [2.75, 3.05) is 10.6 Å². The number of para-hydroxylation sites is 1. The van der Waals surface area contributed by atoms with E-state index in [1.54, 1.807) is 36.0 Å². The molecule has 5 aromatic rings. The minimum absolute atomic E-state index is 0.297. The van der Waals surface area contributed by atoms with E-state index in [0.29, 0.717) is 28.6 Å². The lowest BCUT2D eigenvalue weighted by Gasteiger charge is -2.11. The van der Waals surface area contributed by atoms with Crippen LogP contribution in [0.3, 0.4) is 0 Å². The summed E-state index contributed by atoms with van der Waals surface area (Å²) in [4.78, 5) is 21.4. The first kappa shape index (κ1) is 19.4. The van der Waals surface area contributed by atoms with E-state index < -0.39 is 0 Å². The normalized spacial score (nSPS) is 10.9. The van der Waals surface area contributed by atoms with Gasteiger partial charge in [0.2, 0.25) is 5.88 Å². The largest absolute Gasteiger partial charge is 0.339 e. The van der Waals surface area contributed by atoms with Crippen LogP contribution in [0.4, 0.5) is 17.4 Å². The summed E-state index contributed by atoms with van der Waals surface area (Å²) in [7, 11) is 0. The summed E-state index contributed by atoms with van der Waals surface area (Å²) in [5, 5.41) is 15.1. The van der Waals surface area contributed by atoms with E-state index in [4.69, 9.17) is 4.52 Å². The second-order valence-electron chi connectivity index (χ2n) is 7.29. The average Bonchev–Trinajstić information content (AvgIpc) is 3.42. The fourth-order valence-electron chi connectivity index (χ4n) is 3.33. The molecule has 1 amide bonds. The third kappa shape index (κ3) is 3.67. The van der Waals surface area contributed by atoms with Crippen molar-refractivity contribution in [2.45, 2.75) is 13.8 Å². The SMILES string of the molecule is Cc1cc(NC(=O)c2ccc(C)c(Nc3ncnc4c3cnn4-c3ccccc3)c2)on1. The van der Waals surface area contributed by atoms with E-state index in [9.17, 15) is 4.79 Å². The van der Waals surface area contributed by atoms with E-state index in [1.807, 2.05) is 43.3 Å². The lowest BCUT2D eigenvalue weighted by Crippen LogP contribution is -2.12. The summed E-state index contributed by atoms with van der Waals surface area (Å²) >= 11 is 0. The van der Waals surface area contributed by atoms with E-state index in [-0.39, 0.29) is 5.91 Å². The zero-order valence-electron chi connectivity index (χ0n) is 17.4. The molecule has 0 atom stereocenters. The van der Waals surface area contributed by atoms with Crippen molar-refractivity contribution >= 4 is 34.3 Å². The lowest BCUT2D eigenvalue weighted by molar-refractivity contribution is 0.102. The molecule has 0 aliphatic rings. The first-order chi connectivity index (χ1) is 15.6. The topological polar surface area (TPSA) is 111 Å². The summed E-state index contributed by atoms with van der Waals surface area (Å²) in [6.07, 6.45) is 3.22. The molecular weight excluding hydrogens is 406 g/mol. The monoisotopic (exact) mass is 425 g/mol. The molecule has 158 valence electrons. The number of carbonyl (C=O) groups excluding carboxylic acids is 1. The van der Waals surface area contributed by atoms with Gasteiger partial charge in [0.15, 0.2) is 5.65 Å². The van der Waals surface area contributed by atoms with Crippen LogP contribution in [0, 0.1) is 13.8 Å². The van der Waals surface area contributed by atoms with E-state index in [1.165, 1.54) is 6.33 Å². The molecule has 0 saturated heterocycles. The molecule has 0 bridgehead atoms. The molecule has 0 aliphatic heterocycles. The molecule has 2 aromatic carbocycles. The maximum Gasteiger partial charge on any atom is 0.258 e. The van der Waals surface area contributed by atoms with Crippen LogP contribution in [-0.4, -0.2) is 30.8 Å². The summed E-state index contributed by atoms with van der Waals surface area (Å²) in [6, 6.07) is 16.8. The van der Waals surface area contributed by atoms with Gasteiger partial charge in [0.25, 0.3) is 5.91 Å². The maximum absolute atomic E-state index is 12.6. The minimum Gasteiger partial charge on any atom is -0.339 e. The predicted octanol–water partition coefficient (Wildman–Crippen LogP) is 4.42. The molecule has 9 nitrogen and oxygen atoms in total. The second kappa shape index (κ2) is 7.95. The van der Waals surface area contributed by atoms with Gasteiger partial charge in [-0.2, -0.15) is 5.10 Å². The highest BCUT2D eigenvalue weighted by Gasteiger charge is 2.14. The predicted molar refractivity (Wildman–Crippen MR) is 120 cm³/mol. The van der Waals surface area contributed by atoms with E-state index >= 15 is 0 Å². The highest BCUT2D eigenvalue weighted by molar-refractivity contribution is 6.04. The number of aryl methyl sites for hydroxylation is 2. The maximum atomic E-state index is 12.6. The number of fused-ring (bicyclic) bond motifs is 1. The van der Waals surface area contributed by atoms with Crippen molar-refractivity contribution in [1.82, 2.24) is 24.9 Å². The Morgan fingerprint density at radius 3 is 2.66 bits per heavy atom. The van der Waals surface area contributed by atoms with Crippen LogP contribution >= 0.6 is 0 Å². The molecule has 0 unspecified atom stereocenters. The first-order valence-electron chi connectivity index (χ1n) is 9.95. The van der Waals surface area contributed by atoms with Crippen molar-refractivity contribution in [1.29, 1.82) is 0 Å². The summed E-state index contributed by atoms with van der Waals surface area (Å²) in [5.74, 6) is 0.603. The lowest BCUT2D eigenvalue weighted by atomic mass is 10.1. The molecule has 0 saturated carbocycles. The highest BCUT2D eigenvalue weighted by atomic mass is 16.5. The summed E-state index contributed by atoms with van der Waals surface area (Å²) < 4.78 is 6.83. The molecule has 0 spiro atoms. The Labute approximate surface area is 183 Å². The van der Waals surface area contributed by atoms with Gasteiger partial charge in [-0.25, -0.2) is 14.6 Å². The minimum atomic E-state index is -0.297. The molecule has 3 aromatic heterocycles. The number of aromatic nitrogens is 5. The quantitative estimate of drug-likeness (QED) is 0.429. The Hall–Kier alpha value is -4.53. The van der Waals surface area contributed by atoms with Crippen molar-refractivity contribution in [2.24, 2.45) is 0 Å². The van der Waals surface area contributed by atoms with E-state index in [0.717, 1.165) is 22.3 Å². The van der Waals surface area contributed by atoms with Crippen LogP contribution in [0.2, 0.25) is 0 Å².